The first kappa shape index (κ1) is 22.8. The molecule has 1 unspecified atom stereocenters. The Labute approximate surface area is 155 Å². The number of carbonyl (C=O) groups is 2. The summed E-state index contributed by atoms with van der Waals surface area (Å²) < 4.78 is 44.0. The lowest BCUT2D eigenvalue weighted by molar-refractivity contribution is -0.906. The average Bonchev–Trinajstić information content (AvgIpc) is 2.62. The van der Waals surface area contributed by atoms with Crippen molar-refractivity contribution in [1.29, 1.82) is 0 Å². The van der Waals surface area contributed by atoms with Crippen molar-refractivity contribution in [3.8, 4) is 11.4 Å². The number of aromatic nitrogens is 4. The third kappa shape index (κ3) is 8.44. The van der Waals surface area contributed by atoms with E-state index >= 15 is 0 Å². The SMILES string of the molecule is O=C(O)C[NH+](CCF)Cc1ccc(-c2nncnn2)cc1.O=C([O-])C(F)(F)F. The second-order valence-electron chi connectivity index (χ2n) is 5.29. The molecular formula is C15H15F4N5O4. The van der Waals surface area contributed by atoms with Gasteiger partial charge >= 0.3 is 12.1 Å². The van der Waals surface area contributed by atoms with Gasteiger partial charge < -0.3 is 19.9 Å². The summed E-state index contributed by atoms with van der Waals surface area (Å²) in [4.78, 5) is 20.2. The van der Waals surface area contributed by atoms with Gasteiger partial charge in [0.25, 0.3) is 0 Å². The number of halogens is 4. The highest BCUT2D eigenvalue weighted by Crippen LogP contribution is 2.13. The summed E-state index contributed by atoms with van der Waals surface area (Å²) in [5, 5.41) is 32.6. The van der Waals surface area contributed by atoms with Gasteiger partial charge in [0, 0.05) is 11.1 Å². The summed E-state index contributed by atoms with van der Waals surface area (Å²) in [6.07, 6.45) is -3.94. The van der Waals surface area contributed by atoms with Crippen LogP contribution < -0.4 is 10.0 Å². The maximum atomic E-state index is 12.4. The van der Waals surface area contributed by atoms with Crippen molar-refractivity contribution in [3.63, 3.8) is 0 Å². The first-order valence-electron chi connectivity index (χ1n) is 7.62. The van der Waals surface area contributed by atoms with E-state index in [0.29, 0.717) is 17.3 Å². The zero-order chi connectivity index (χ0) is 21.2. The molecule has 1 atom stereocenters. The van der Waals surface area contributed by atoms with Gasteiger partial charge in [0.05, 0.1) is 0 Å². The number of carboxylic acids is 2. The fraction of sp³-hybridized carbons (Fsp3) is 0.333. The molecule has 0 aliphatic rings. The van der Waals surface area contributed by atoms with Crippen molar-refractivity contribution in [1.82, 2.24) is 20.4 Å². The molecule has 1 aromatic heterocycles. The van der Waals surface area contributed by atoms with Crippen molar-refractivity contribution < 1.29 is 42.3 Å². The summed E-state index contributed by atoms with van der Waals surface area (Å²) in [5.74, 6) is -3.53. The van der Waals surface area contributed by atoms with Gasteiger partial charge in [0.1, 0.15) is 25.7 Å². The Morgan fingerprint density at radius 2 is 1.64 bits per heavy atom. The van der Waals surface area contributed by atoms with E-state index in [0.717, 1.165) is 11.1 Å². The number of aliphatic carboxylic acids is 2. The van der Waals surface area contributed by atoms with E-state index in [1.165, 1.54) is 6.33 Å². The van der Waals surface area contributed by atoms with Gasteiger partial charge in [-0.3, -0.25) is 0 Å². The van der Waals surface area contributed by atoms with Gasteiger partial charge in [-0.05, 0) is 0 Å². The zero-order valence-corrected chi connectivity index (χ0v) is 14.2. The minimum absolute atomic E-state index is 0.110. The van der Waals surface area contributed by atoms with Gasteiger partial charge in [-0.25, -0.2) is 9.18 Å². The lowest BCUT2D eigenvalue weighted by Gasteiger charge is -2.15. The topological polar surface area (TPSA) is 133 Å². The van der Waals surface area contributed by atoms with E-state index in [-0.39, 0.29) is 13.1 Å². The second kappa shape index (κ2) is 10.8. The number of benzene rings is 1. The number of rotatable bonds is 7. The molecule has 13 heteroatoms. The molecule has 0 radical (unpaired) electrons. The van der Waals surface area contributed by atoms with Crippen LogP contribution in [0.25, 0.3) is 11.4 Å². The van der Waals surface area contributed by atoms with Crippen LogP contribution in [0.3, 0.4) is 0 Å². The van der Waals surface area contributed by atoms with Gasteiger partial charge in [-0.1, -0.05) is 24.3 Å². The Bertz CT molecular complexity index is 759. The molecular weight excluding hydrogens is 390 g/mol. The summed E-state index contributed by atoms with van der Waals surface area (Å²) in [6, 6.07) is 7.29. The highest BCUT2D eigenvalue weighted by Gasteiger charge is 2.28. The largest absolute Gasteiger partial charge is 0.542 e. The fourth-order valence-electron chi connectivity index (χ4n) is 1.97. The molecule has 1 aromatic carbocycles. The van der Waals surface area contributed by atoms with Crippen molar-refractivity contribution in [2.45, 2.75) is 12.7 Å². The van der Waals surface area contributed by atoms with Crippen molar-refractivity contribution >= 4 is 11.9 Å². The van der Waals surface area contributed by atoms with Crippen LogP contribution in [0.1, 0.15) is 5.56 Å². The first-order chi connectivity index (χ1) is 13.1. The third-order valence-corrected chi connectivity index (χ3v) is 3.16. The Hall–Kier alpha value is -3.22. The van der Waals surface area contributed by atoms with Gasteiger partial charge in [0.15, 0.2) is 12.9 Å². The highest BCUT2D eigenvalue weighted by molar-refractivity contribution is 5.70. The highest BCUT2D eigenvalue weighted by atomic mass is 19.4. The number of alkyl halides is 4. The van der Waals surface area contributed by atoms with Crippen LogP contribution in [0.2, 0.25) is 0 Å². The van der Waals surface area contributed by atoms with Crippen LogP contribution in [0.15, 0.2) is 30.6 Å². The van der Waals surface area contributed by atoms with E-state index in [2.05, 4.69) is 20.4 Å². The lowest BCUT2D eigenvalue weighted by atomic mass is 10.1. The molecule has 0 aliphatic heterocycles. The zero-order valence-electron chi connectivity index (χ0n) is 14.2. The molecule has 0 aliphatic carbocycles. The molecule has 2 rings (SSSR count). The van der Waals surface area contributed by atoms with E-state index in [1.807, 2.05) is 24.3 Å². The average molecular weight is 405 g/mol. The summed E-state index contributed by atoms with van der Waals surface area (Å²) in [5.41, 5.74) is 1.69. The molecule has 0 spiro atoms. The summed E-state index contributed by atoms with van der Waals surface area (Å²) in [6.45, 7) is -0.0382. The summed E-state index contributed by atoms with van der Waals surface area (Å²) in [7, 11) is 0. The molecule has 2 N–H and O–H groups in total. The number of nitrogens with zero attached hydrogens (tertiary/aromatic N) is 4. The predicted molar refractivity (Wildman–Crippen MR) is 82.1 cm³/mol. The Morgan fingerprint density at radius 3 is 2.07 bits per heavy atom. The van der Waals surface area contributed by atoms with Crippen LogP contribution in [-0.2, 0) is 16.1 Å². The number of nitrogens with one attached hydrogen (secondary N) is 1. The van der Waals surface area contributed by atoms with Gasteiger partial charge in [-0.15, -0.1) is 20.4 Å². The standard InChI is InChI=1S/C13H14FN5O2.C2HF3O2/c14-5-6-19(8-12(20)21)7-10-1-3-11(4-2-10)13-17-15-9-16-18-13;3-2(4,5)1(6)7/h1-4,9H,5-8H2,(H,20,21);(H,6,7). The van der Waals surface area contributed by atoms with E-state index in [9.17, 15) is 22.4 Å². The van der Waals surface area contributed by atoms with Crippen molar-refractivity contribution in [2.75, 3.05) is 19.8 Å². The van der Waals surface area contributed by atoms with E-state index < -0.39 is 24.8 Å². The van der Waals surface area contributed by atoms with Gasteiger partial charge in [-0.2, -0.15) is 13.2 Å². The molecule has 9 nitrogen and oxygen atoms in total. The van der Waals surface area contributed by atoms with Crippen LogP contribution in [0.4, 0.5) is 17.6 Å². The summed E-state index contributed by atoms with van der Waals surface area (Å²) >= 11 is 0. The number of quaternary nitrogens is 1. The quantitative estimate of drug-likeness (QED) is 0.542. The lowest BCUT2D eigenvalue weighted by Crippen LogP contribution is -3.12. The van der Waals surface area contributed by atoms with Crippen molar-refractivity contribution in [2.24, 2.45) is 0 Å². The molecule has 0 amide bonds. The number of hydrogen-bond donors (Lipinski definition) is 2. The normalized spacial score (nSPS) is 11.9. The smallest absolute Gasteiger partial charge is 0.430 e. The number of carboxylic acid groups (broad SMARTS) is 2. The molecule has 1 heterocycles. The molecule has 152 valence electrons. The first-order valence-corrected chi connectivity index (χ1v) is 7.62. The molecule has 0 bridgehead atoms. The second-order valence-corrected chi connectivity index (χ2v) is 5.29. The van der Waals surface area contributed by atoms with E-state index in [4.69, 9.17) is 15.0 Å². The van der Waals surface area contributed by atoms with Crippen LogP contribution >= 0.6 is 0 Å². The monoisotopic (exact) mass is 405 g/mol. The van der Waals surface area contributed by atoms with Crippen LogP contribution in [0, 0.1) is 0 Å². The van der Waals surface area contributed by atoms with E-state index in [1.54, 1.807) is 0 Å². The molecule has 0 saturated heterocycles. The van der Waals surface area contributed by atoms with Crippen LogP contribution in [-0.4, -0.2) is 63.4 Å². The maximum absolute atomic E-state index is 12.4. The Kier molecular flexibility index (Phi) is 8.81. The minimum atomic E-state index is -5.19. The number of carbonyl (C=O) groups excluding carboxylic acids is 1. The molecule has 2 aromatic rings. The van der Waals surface area contributed by atoms with Crippen LogP contribution in [0.5, 0.6) is 0 Å². The molecule has 28 heavy (non-hydrogen) atoms. The fourth-order valence-corrected chi connectivity index (χ4v) is 1.97. The predicted octanol–water partition coefficient (Wildman–Crippen LogP) is -1.33. The maximum Gasteiger partial charge on any atom is 0.430 e. The number of hydrogen-bond acceptors (Lipinski definition) is 7. The molecule has 0 fully saturated rings. The third-order valence-electron chi connectivity index (χ3n) is 3.16. The molecule has 0 saturated carbocycles. The van der Waals surface area contributed by atoms with Crippen molar-refractivity contribution in [3.05, 3.63) is 36.2 Å². The Morgan fingerprint density at radius 1 is 1.11 bits per heavy atom. The van der Waals surface area contributed by atoms with Gasteiger partial charge in [0.2, 0.25) is 5.82 Å². The Balaban J connectivity index is 0.000000480. The minimum Gasteiger partial charge on any atom is -0.542 e.